The number of carbonyl (C=O) groups is 2. The van der Waals surface area contributed by atoms with Gasteiger partial charge in [0.05, 0.1) is 29.8 Å². The predicted molar refractivity (Wildman–Crippen MR) is 168 cm³/mol. The molecule has 0 radical (unpaired) electrons. The minimum atomic E-state index is -0.382. The summed E-state index contributed by atoms with van der Waals surface area (Å²) in [5.41, 5.74) is 8.45. The number of nitrogens with one attached hydrogen (secondary N) is 1. The molecule has 0 bridgehead atoms. The van der Waals surface area contributed by atoms with Crippen molar-refractivity contribution in [3.05, 3.63) is 131 Å². The van der Waals surface area contributed by atoms with Gasteiger partial charge in [0, 0.05) is 15.7 Å². The number of amides is 1. The number of hydrogen-bond donors (Lipinski definition) is 1. The number of rotatable bonds is 10. The number of ether oxygens (including phenoxy) is 2. The fourth-order valence-corrected chi connectivity index (χ4v) is 4.72. The minimum Gasteiger partial charge on any atom is -0.484 e. The second-order valence-corrected chi connectivity index (χ2v) is 10.1. The smallest absolute Gasteiger partial charge is 0.338 e. The quantitative estimate of drug-likeness (QED) is 0.101. The van der Waals surface area contributed by atoms with Gasteiger partial charge in [-0.25, -0.2) is 10.2 Å². The van der Waals surface area contributed by atoms with E-state index in [1.165, 1.54) is 0 Å². The molecule has 0 spiro atoms. The number of hydrazone groups is 1. The number of aromatic nitrogens is 1. The maximum atomic E-state index is 12.5. The normalized spacial score (nSPS) is 10.9. The molecule has 8 heteroatoms. The van der Waals surface area contributed by atoms with Crippen LogP contribution in [0, 0.1) is 0 Å². The Kier molecular flexibility index (Phi) is 9.26. The van der Waals surface area contributed by atoms with Gasteiger partial charge in [-0.3, -0.25) is 4.79 Å². The Morgan fingerprint density at radius 3 is 2.14 bits per heavy atom. The Balaban J connectivity index is 1.51. The fraction of sp³-hybridized carbons (Fsp3) is 0.0882. The van der Waals surface area contributed by atoms with E-state index in [9.17, 15) is 9.59 Å². The number of nitrogens with zero attached hydrogens (tertiary/aromatic N) is 2. The Hall–Kier alpha value is -4.95. The van der Waals surface area contributed by atoms with E-state index in [-0.39, 0.29) is 18.5 Å². The van der Waals surface area contributed by atoms with E-state index in [4.69, 9.17) is 9.47 Å². The topological polar surface area (TPSA) is 81.9 Å². The molecule has 1 amide bonds. The van der Waals surface area contributed by atoms with E-state index in [1.54, 1.807) is 37.4 Å². The average Bonchev–Trinajstić information content (AvgIpc) is 3.41. The van der Waals surface area contributed by atoms with Gasteiger partial charge >= 0.3 is 5.97 Å². The van der Waals surface area contributed by atoms with Crippen molar-refractivity contribution in [2.45, 2.75) is 6.92 Å². The zero-order valence-corrected chi connectivity index (χ0v) is 24.5. The van der Waals surface area contributed by atoms with Crippen LogP contribution in [0.1, 0.15) is 22.8 Å². The van der Waals surface area contributed by atoms with Crippen LogP contribution < -0.4 is 10.2 Å². The molecule has 0 atom stereocenters. The Labute approximate surface area is 252 Å². The Morgan fingerprint density at radius 1 is 0.857 bits per heavy atom. The molecule has 0 saturated heterocycles. The highest BCUT2D eigenvalue weighted by Gasteiger charge is 2.19. The summed E-state index contributed by atoms with van der Waals surface area (Å²) in [7, 11) is 0. The first kappa shape index (κ1) is 28.6. The lowest BCUT2D eigenvalue weighted by molar-refractivity contribution is -0.123. The maximum absolute atomic E-state index is 12.5. The van der Waals surface area contributed by atoms with Crippen LogP contribution in [-0.2, 0) is 9.53 Å². The van der Waals surface area contributed by atoms with Gasteiger partial charge in [-0.05, 0) is 72.6 Å². The van der Waals surface area contributed by atoms with Crippen LogP contribution in [0.4, 0.5) is 0 Å². The molecule has 1 heterocycles. The highest BCUT2D eigenvalue weighted by molar-refractivity contribution is 9.10. The zero-order valence-electron chi connectivity index (χ0n) is 22.9. The highest BCUT2D eigenvalue weighted by atomic mass is 79.9. The van der Waals surface area contributed by atoms with E-state index >= 15 is 0 Å². The van der Waals surface area contributed by atoms with Crippen LogP contribution in [0.5, 0.6) is 5.75 Å². The minimum absolute atomic E-state index is 0.173. The largest absolute Gasteiger partial charge is 0.484 e. The van der Waals surface area contributed by atoms with Gasteiger partial charge in [0.2, 0.25) is 0 Å². The van der Waals surface area contributed by atoms with E-state index in [1.807, 2.05) is 91.0 Å². The molecule has 210 valence electrons. The van der Waals surface area contributed by atoms with Crippen molar-refractivity contribution < 1.29 is 19.1 Å². The number of halogens is 1. The average molecular weight is 623 g/mol. The van der Waals surface area contributed by atoms with Crippen LogP contribution in [0.15, 0.2) is 125 Å². The number of esters is 1. The molecule has 4 aromatic carbocycles. The second kappa shape index (κ2) is 13.6. The number of benzene rings is 4. The third-order valence-corrected chi connectivity index (χ3v) is 6.89. The summed E-state index contributed by atoms with van der Waals surface area (Å²) < 4.78 is 13.8. The summed E-state index contributed by atoms with van der Waals surface area (Å²) >= 11 is 3.38. The summed E-state index contributed by atoms with van der Waals surface area (Å²) in [6.45, 7) is 1.92. The fourth-order valence-electron chi connectivity index (χ4n) is 4.46. The van der Waals surface area contributed by atoms with Crippen molar-refractivity contribution in [3.63, 3.8) is 0 Å². The van der Waals surface area contributed by atoms with Crippen molar-refractivity contribution in [1.29, 1.82) is 0 Å². The van der Waals surface area contributed by atoms with Gasteiger partial charge in [-0.1, -0.05) is 76.6 Å². The van der Waals surface area contributed by atoms with Gasteiger partial charge < -0.3 is 14.0 Å². The monoisotopic (exact) mass is 621 g/mol. The SMILES string of the molecule is CCOC(=O)c1ccc(-n2c(-c3ccccc3)cc(/C=N\NC(=O)COc3ccc(Br)cc3)c2-c2ccccc2)cc1. The lowest BCUT2D eigenvalue weighted by atomic mass is 10.1. The molecule has 0 aliphatic heterocycles. The summed E-state index contributed by atoms with van der Waals surface area (Å²) in [6, 6.07) is 36.6. The molecular weight excluding hydrogens is 594 g/mol. The van der Waals surface area contributed by atoms with Crippen LogP contribution in [0.3, 0.4) is 0 Å². The van der Waals surface area contributed by atoms with Crippen LogP contribution in [0.2, 0.25) is 0 Å². The molecule has 7 nitrogen and oxygen atoms in total. The van der Waals surface area contributed by atoms with Crippen molar-refractivity contribution in [2.24, 2.45) is 5.10 Å². The van der Waals surface area contributed by atoms with E-state index in [0.717, 1.165) is 38.2 Å². The van der Waals surface area contributed by atoms with Crippen molar-refractivity contribution in [1.82, 2.24) is 9.99 Å². The second-order valence-electron chi connectivity index (χ2n) is 9.20. The van der Waals surface area contributed by atoms with Gasteiger partial charge in [0.15, 0.2) is 6.61 Å². The Morgan fingerprint density at radius 2 is 1.50 bits per heavy atom. The zero-order chi connectivity index (χ0) is 29.3. The first-order valence-corrected chi connectivity index (χ1v) is 14.2. The van der Waals surface area contributed by atoms with Gasteiger partial charge in [0.1, 0.15) is 5.75 Å². The summed E-state index contributed by atoms with van der Waals surface area (Å²) in [5.74, 6) is -0.161. The van der Waals surface area contributed by atoms with Crippen molar-refractivity contribution in [3.8, 4) is 34.0 Å². The van der Waals surface area contributed by atoms with Crippen LogP contribution in [-0.4, -0.2) is 35.9 Å². The first-order valence-electron chi connectivity index (χ1n) is 13.4. The molecule has 0 unspecified atom stereocenters. The molecule has 0 aliphatic carbocycles. The molecule has 1 aromatic heterocycles. The third kappa shape index (κ3) is 6.85. The molecule has 0 saturated carbocycles. The molecule has 1 N–H and O–H groups in total. The summed E-state index contributed by atoms with van der Waals surface area (Å²) in [4.78, 5) is 24.8. The molecule has 0 fully saturated rings. The lowest BCUT2D eigenvalue weighted by Gasteiger charge is -2.15. The van der Waals surface area contributed by atoms with E-state index < -0.39 is 0 Å². The van der Waals surface area contributed by atoms with Gasteiger partial charge in [0.25, 0.3) is 5.91 Å². The highest BCUT2D eigenvalue weighted by Crippen LogP contribution is 2.35. The van der Waals surface area contributed by atoms with Gasteiger partial charge in [-0.15, -0.1) is 0 Å². The summed E-state index contributed by atoms with van der Waals surface area (Å²) in [5, 5.41) is 4.27. The predicted octanol–water partition coefficient (Wildman–Crippen LogP) is 7.28. The van der Waals surface area contributed by atoms with Crippen LogP contribution in [0.25, 0.3) is 28.2 Å². The molecule has 42 heavy (non-hydrogen) atoms. The van der Waals surface area contributed by atoms with E-state index in [2.05, 4.69) is 31.0 Å². The third-order valence-electron chi connectivity index (χ3n) is 6.36. The maximum Gasteiger partial charge on any atom is 0.338 e. The van der Waals surface area contributed by atoms with Crippen molar-refractivity contribution in [2.75, 3.05) is 13.2 Å². The van der Waals surface area contributed by atoms with E-state index in [0.29, 0.717) is 17.9 Å². The number of carbonyl (C=O) groups excluding carboxylic acids is 2. The summed E-state index contributed by atoms with van der Waals surface area (Å²) in [6.07, 6.45) is 1.63. The Bertz CT molecular complexity index is 1680. The standard InChI is InChI=1S/C34H28BrN3O4/c1-2-41-34(40)26-13-17-29(18-14-26)38-31(24-9-5-3-6-10-24)21-27(33(38)25-11-7-4-8-12-25)22-36-37-32(39)23-42-30-19-15-28(35)16-20-30/h3-22H,2,23H2,1H3,(H,37,39)/b36-22-. The lowest BCUT2D eigenvalue weighted by Crippen LogP contribution is -2.24. The van der Waals surface area contributed by atoms with Crippen molar-refractivity contribution >= 4 is 34.0 Å². The number of hydrogen-bond acceptors (Lipinski definition) is 5. The molecule has 0 aliphatic rings. The van der Waals surface area contributed by atoms with Crippen LogP contribution >= 0.6 is 15.9 Å². The molecular formula is C34H28BrN3O4. The van der Waals surface area contributed by atoms with Gasteiger partial charge in [-0.2, -0.15) is 5.10 Å². The first-order chi connectivity index (χ1) is 20.5. The molecule has 5 rings (SSSR count). The molecule has 5 aromatic rings.